The number of tetrazole rings is 1. The Kier molecular flexibility index (Phi) is 5.13. The van der Waals surface area contributed by atoms with Crippen LogP contribution in [0.1, 0.15) is 25.7 Å². The number of aromatic nitrogens is 4. The molecule has 0 aliphatic carbocycles. The molecule has 0 saturated carbocycles. The first kappa shape index (κ1) is 15.7. The zero-order chi connectivity index (χ0) is 15.4. The lowest BCUT2D eigenvalue weighted by atomic mass is 10.3. The number of carbonyl (C=O) groups is 1. The van der Waals surface area contributed by atoms with Crippen LogP contribution in [0.5, 0.6) is 5.75 Å². The summed E-state index contributed by atoms with van der Waals surface area (Å²) in [6, 6.07) is 4.71. The van der Waals surface area contributed by atoms with Gasteiger partial charge in [-0.25, -0.2) is 0 Å². The molecule has 1 amide bonds. The third-order valence-electron chi connectivity index (χ3n) is 2.67. The molecule has 1 heterocycles. The smallest absolute Gasteiger partial charge is 0.261 e. The minimum atomic E-state index is -0.683. The Morgan fingerprint density at radius 3 is 2.86 bits per heavy atom. The van der Waals surface area contributed by atoms with Crippen LogP contribution in [0.4, 0.5) is 0 Å². The van der Waals surface area contributed by atoms with Crippen LogP contribution >= 0.6 is 27.5 Å². The highest BCUT2D eigenvalue weighted by molar-refractivity contribution is 9.10. The van der Waals surface area contributed by atoms with Gasteiger partial charge in [-0.05, 0) is 48.0 Å². The first-order valence-electron chi connectivity index (χ1n) is 6.13. The van der Waals surface area contributed by atoms with Gasteiger partial charge >= 0.3 is 0 Å². The lowest BCUT2D eigenvalue weighted by molar-refractivity contribution is -0.128. The third-order valence-corrected chi connectivity index (χ3v) is 3.53. The van der Waals surface area contributed by atoms with Gasteiger partial charge in [-0.1, -0.05) is 16.8 Å². The van der Waals surface area contributed by atoms with Crippen LogP contribution < -0.4 is 10.1 Å². The topological polar surface area (TPSA) is 92.8 Å². The Morgan fingerprint density at radius 1 is 1.48 bits per heavy atom. The summed E-state index contributed by atoms with van der Waals surface area (Å²) < 4.78 is 6.28. The molecular formula is C12H13BrClN5O2. The number of hydrogen-bond acceptors (Lipinski definition) is 5. The highest BCUT2D eigenvalue weighted by Crippen LogP contribution is 2.28. The maximum atomic E-state index is 12.1. The number of amides is 1. The van der Waals surface area contributed by atoms with Gasteiger partial charge in [0, 0.05) is 5.02 Å². The highest BCUT2D eigenvalue weighted by atomic mass is 79.9. The highest BCUT2D eigenvalue weighted by Gasteiger charge is 2.20. The average Bonchev–Trinajstić information content (AvgIpc) is 2.95. The van der Waals surface area contributed by atoms with Crippen LogP contribution in [0.15, 0.2) is 22.7 Å². The molecule has 2 rings (SSSR count). The van der Waals surface area contributed by atoms with Gasteiger partial charge in [0.2, 0.25) is 0 Å². The summed E-state index contributed by atoms with van der Waals surface area (Å²) >= 11 is 9.19. The number of benzene rings is 1. The van der Waals surface area contributed by atoms with Gasteiger partial charge in [-0.2, -0.15) is 5.21 Å². The Hall–Kier alpha value is -1.67. The van der Waals surface area contributed by atoms with E-state index in [2.05, 4.69) is 41.9 Å². The van der Waals surface area contributed by atoms with E-state index in [0.717, 1.165) is 0 Å². The first-order chi connectivity index (χ1) is 9.97. The summed E-state index contributed by atoms with van der Waals surface area (Å²) in [5.41, 5.74) is 0. The van der Waals surface area contributed by atoms with Crippen LogP contribution in [-0.4, -0.2) is 32.6 Å². The molecule has 1 aromatic carbocycles. The number of nitrogens with zero attached hydrogens (tertiary/aromatic N) is 3. The van der Waals surface area contributed by atoms with E-state index >= 15 is 0 Å². The predicted molar refractivity (Wildman–Crippen MR) is 80.0 cm³/mol. The lowest BCUT2D eigenvalue weighted by Crippen LogP contribution is -2.38. The Labute approximate surface area is 134 Å². The predicted octanol–water partition coefficient (Wildman–Crippen LogP) is 2.26. The zero-order valence-electron chi connectivity index (χ0n) is 11.3. The maximum absolute atomic E-state index is 12.1. The molecule has 1 aromatic heterocycles. The molecule has 112 valence electrons. The van der Waals surface area contributed by atoms with E-state index in [0.29, 0.717) is 21.1 Å². The molecule has 21 heavy (non-hydrogen) atoms. The summed E-state index contributed by atoms with van der Waals surface area (Å²) in [5.74, 6) is 0.659. The van der Waals surface area contributed by atoms with E-state index < -0.39 is 6.10 Å². The fourth-order valence-corrected chi connectivity index (χ4v) is 2.34. The third kappa shape index (κ3) is 4.15. The minimum absolute atomic E-state index is 0.283. The van der Waals surface area contributed by atoms with E-state index in [1.807, 2.05) is 0 Å². The normalized spacial score (nSPS) is 13.5. The molecule has 2 aromatic rings. The van der Waals surface area contributed by atoms with Crippen LogP contribution in [0.25, 0.3) is 0 Å². The number of hydrogen-bond donors (Lipinski definition) is 2. The van der Waals surface area contributed by atoms with Gasteiger partial charge in [0.1, 0.15) is 5.75 Å². The van der Waals surface area contributed by atoms with Gasteiger partial charge in [0.05, 0.1) is 10.5 Å². The van der Waals surface area contributed by atoms with Crippen LogP contribution in [-0.2, 0) is 4.79 Å². The second-order valence-corrected chi connectivity index (χ2v) is 5.63. The second kappa shape index (κ2) is 6.86. The molecule has 7 nitrogen and oxygen atoms in total. The average molecular weight is 375 g/mol. The van der Waals surface area contributed by atoms with Crippen LogP contribution in [0.3, 0.4) is 0 Å². The van der Waals surface area contributed by atoms with Gasteiger partial charge in [0.15, 0.2) is 11.9 Å². The van der Waals surface area contributed by atoms with Crippen molar-refractivity contribution in [2.24, 2.45) is 0 Å². The summed E-state index contributed by atoms with van der Waals surface area (Å²) in [4.78, 5) is 12.1. The zero-order valence-corrected chi connectivity index (χ0v) is 13.6. The molecule has 9 heteroatoms. The van der Waals surface area contributed by atoms with Crippen molar-refractivity contribution in [2.75, 3.05) is 0 Å². The summed E-state index contributed by atoms with van der Waals surface area (Å²) in [6.45, 7) is 3.41. The van der Waals surface area contributed by atoms with E-state index in [9.17, 15) is 4.79 Å². The molecule has 0 radical (unpaired) electrons. The number of rotatable bonds is 5. The molecule has 0 spiro atoms. The number of nitrogens with one attached hydrogen (secondary N) is 2. The maximum Gasteiger partial charge on any atom is 0.261 e. The second-order valence-electron chi connectivity index (χ2n) is 4.34. The monoisotopic (exact) mass is 373 g/mol. The molecule has 0 bridgehead atoms. The lowest BCUT2D eigenvalue weighted by Gasteiger charge is -2.17. The van der Waals surface area contributed by atoms with E-state index in [4.69, 9.17) is 16.3 Å². The Balaban J connectivity index is 1.96. The molecule has 0 fully saturated rings. The Morgan fingerprint density at radius 2 is 2.24 bits per heavy atom. The number of carbonyl (C=O) groups excluding carboxylic acids is 1. The number of halogens is 2. The van der Waals surface area contributed by atoms with Crippen molar-refractivity contribution >= 4 is 33.4 Å². The Bertz CT molecular complexity index is 622. The number of ether oxygens (including phenoxy) is 1. The molecule has 2 unspecified atom stereocenters. The van der Waals surface area contributed by atoms with Crippen LogP contribution in [0, 0.1) is 0 Å². The van der Waals surface area contributed by atoms with Crippen molar-refractivity contribution in [3.8, 4) is 5.75 Å². The number of H-pyrrole nitrogens is 1. The quantitative estimate of drug-likeness (QED) is 0.837. The van der Waals surface area contributed by atoms with Gasteiger partial charge < -0.3 is 10.1 Å². The first-order valence-corrected chi connectivity index (χ1v) is 7.30. The summed E-state index contributed by atoms with van der Waals surface area (Å²) in [5, 5.41) is 16.7. The van der Waals surface area contributed by atoms with Gasteiger partial charge in [-0.3, -0.25) is 4.79 Å². The van der Waals surface area contributed by atoms with Crippen molar-refractivity contribution in [3.63, 3.8) is 0 Å². The standard InChI is InChI=1S/C12H13BrClN5O2/c1-6(11-16-18-19-17-11)15-12(20)7(2)21-10-4-3-8(14)5-9(10)13/h3-7H,1-2H3,(H,15,20)(H,16,17,18,19). The van der Waals surface area contributed by atoms with E-state index in [-0.39, 0.29) is 11.9 Å². The van der Waals surface area contributed by atoms with E-state index in [1.165, 1.54) is 0 Å². The van der Waals surface area contributed by atoms with Crippen molar-refractivity contribution in [1.82, 2.24) is 25.9 Å². The molecule has 0 aliphatic heterocycles. The van der Waals surface area contributed by atoms with Gasteiger partial charge in [0.25, 0.3) is 5.91 Å². The number of aromatic amines is 1. The SMILES string of the molecule is CC(Oc1ccc(Cl)cc1Br)C(=O)NC(C)c1nn[nH]n1. The molecule has 2 N–H and O–H groups in total. The van der Waals surface area contributed by atoms with E-state index in [1.54, 1.807) is 32.0 Å². The fourth-order valence-electron chi connectivity index (χ4n) is 1.56. The molecule has 0 aliphatic rings. The largest absolute Gasteiger partial charge is 0.480 e. The summed E-state index contributed by atoms with van der Waals surface area (Å²) in [7, 11) is 0. The van der Waals surface area contributed by atoms with Crippen molar-refractivity contribution in [3.05, 3.63) is 33.5 Å². The fraction of sp³-hybridized carbons (Fsp3) is 0.333. The summed E-state index contributed by atoms with van der Waals surface area (Å²) in [6.07, 6.45) is -0.683. The van der Waals surface area contributed by atoms with Gasteiger partial charge in [-0.15, -0.1) is 10.2 Å². The molecule has 0 saturated heterocycles. The van der Waals surface area contributed by atoms with Crippen molar-refractivity contribution in [1.29, 1.82) is 0 Å². The van der Waals surface area contributed by atoms with Crippen LogP contribution in [0.2, 0.25) is 5.02 Å². The molecule has 2 atom stereocenters. The molecular weight excluding hydrogens is 362 g/mol. The minimum Gasteiger partial charge on any atom is -0.480 e. The van der Waals surface area contributed by atoms with Crippen molar-refractivity contribution in [2.45, 2.75) is 26.0 Å². The van der Waals surface area contributed by atoms with Crippen molar-refractivity contribution < 1.29 is 9.53 Å².